The van der Waals surface area contributed by atoms with Gasteiger partial charge in [-0.15, -0.1) is 0 Å². The molecular formula is C13H22N4O. The van der Waals surface area contributed by atoms with Gasteiger partial charge in [0.05, 0.1) is 24.7 Å². The molecule has 1 unspecified atom stereocenters. The van der Waals surface area contributed by atoms with Crippen molar-refractivity contribution in [2.75, 3.05) is 33.3 Å². The Morgan fingerprint density at radius 3 is 3.17 bits per heavy atom. The monoisotopic (exact) mass is 250 g/mol. The largest absolute Gasteiger partial charge is 0.374 e. The number of morpholine rings is 1. The first-order valence-electron chi connectivity index (χ1n) is 6.84. The number of nitrogens with one attached hydrogen (secondary N) is 1. The molecule has 0 spiro atoms. The summed E-state index contributed by atoms with van der Waals surface area (Å²) in [4.78, 5) is 6.57. The van der Waals surface area contributed by atoms with Crippen molar-refractivity contribution in [2.45, 2.75) is 31.5 Å². The second kappa shape index (κ2) is 5.38. The first kappa shape index (κ1) is 12.1. The van der Waals surface area contributed by atoms with Crippen molar-refractivity contribution in [3.63, 3.8) is 0 Å². The van der Waals surface area contributed by atoms with E-state index in [-0.39, 0.29) is 0 Å². The van der Waals surface area contributed by atoms with E-state index >= 15 is 0 Å². The van der Waals surface area contributed by atoms with Gasteiger partial charge in [0, 0.05) is 38.4 Å². The highest BCUT2D eigenvalue weighted by Gasteiger charge is 2.25. The van der Waals surface area contributed by atoms with Gasteiger partial charge in [-0.1, -0.05) is 0 Å². The third kappa shape index (κ3) is 2.91. The smallest absolute Gasteiger partial charge is 0.0951 e. The lowest BCUT2D eigenvalue weighted by Gasteiger charge is -2.30. The maximum atomic E-state index is 5.73. The second-order valence-corrected chi connectivity index (χ2v) is 5.41. The van der Waals surface area contributed by atoms with E-state index in [1.165, 1.54) is 18.5 Å². The number of likely N-dealkylation sites (N-methyl/N-ethyl adjacent to an activating group) is 1. The van der Waals surface area contributed by atoms with Crippen molar-refractivity contribution in [1.29, 1.82) is 0 Å². The molecule has 1 aromatic rings. The second-order valence-electron chi connectivity index (χ2n) is 5.41. The molecule has 1 saturated carbocycles. The van der Waals surface area contributed by atoms with Gasteiger partial charge in [-0.2, -0.15) is 0 Å². The molecule has 5 heteroatoms. The molecule has 1 aromatic heterocycles. The van der Waals surface area contributed by atoms with Crippen LogP contribution in [0.3, 0.4) is 0 Å². The van der Waals surface area contributed by atoms with Crippen LogP contribution in [-0.2, 0) is 11.3 Å². The van der Waals surface area contributed by atoms with Gasteiger partial charge in [-0.3, -0.25) is 0 Å². The maximum Gasteiger partial charge on any atom is 0.0951 e. The Bertz CT molecular complexity index is 388. The fourth-order valence-corrected chi connectivity index (χ4v) is 2.50. The van der Waals surface area contributed by atoms with E-state index in [4.69, 9.17) is 4.74 Å². The summed E-state index contributed by atoms with van der Waals surface area (Å²) in [6, 6.07) is 0.710. The van der Waals surface area contributed by atoms with E-state index < -0.39 is 0 Å². The van der Waals surface area contributed by atoms with Crippen LogP contribution in [0, 0.1) is 0 Å². The zero-order valence-corrected chi connectivity index (χ0v) is 11.0. The van der Waals surface area contributed by atoms with Gasteiger partial charge in [0.2, 0.25) is 0 Å². The number of rotatable bonds is 5. The van der Waals surface area contributed by atoms with Gasteiger partial charge in [-0.05, 0) is 19.9 Å². The average molecular weight is 250 g/mol. The molecule has 18 heavy (non-hydrogen) atoms. The summed E-state index contributed by atoms with van der Waals surface area (Å²) in [6.45, 7) is 4.73. The molecule has 2 aliphatic rings. The van der Waals surface area contributed by atoms with Crippen molar-refractivity contribution in [3.05, 3.63) is 18.2 Å². The van der Waals surface area contributed by atoms with E-state index in [2.05, 4.69) is 26.8 Å². The molecule has 1 atom stereocenters. The van der Waals surface area contributed by atoms with Crippen LogP contribution < -0.4 is 5.32 Å². The predicted molar refractivity (Wildman–Crippen MR) is 69.4 cm³/mol. The van der Waals surface area contributed by atoms with Crippen molar-refractivity contribution in [3.8, 4) is 0 Å². The Labute approximate surface area is 108 Å². The Hall–Kier alpha value is -0.910. The van der Waals surface area contributed by atoms with Gasteiger partial charge < -0.3 is 19.5 Å². The highest BCUT2D eigenvalue weighted by atomic mass is 16.5. The molecule has 0 radical (unpaired) electrons. The number of ether oxygens (including phenoxy) is 1. The van der Waals surface area contributed by atoms with Gasteiger partial charge in [0.25, 0.3) is 0 Å². The zero-order valence-electron chi connectivity index (χ0n) is 11.0. The molecule has 5 nitrogen and oxygen atoms in total. The molecule has 2 fully saturated rings. The lowest BCUT2D eigenvalue weighted by atomic mass is 10.3. The van der Waals surface area contributed by atoms with E-state index in [0.717, 1.165) is 32.8 Å². The van der Waals surface area contributed by atoms with Gasteiger partial charge >= 0.3 is 0 Å². The molecule has 1 saturated heterocycles. The van der Waals surface area contributed by atoms with E-state index in [1.54, 1.807) is 0 Å². The van der Waals surface area contributed by atoms with E-state index in [9.17, 15) is 0 Å². The topological polar surface area (TPSA) is 42.3 Å². The van der Waals surface area contributed by atoms with Crippen molar-refractivity contribution in [2.24, 2.45) is 0 Å². The van der Waals surface area contributed by atoms with Crippen LogP contribution in [0.15, 0.2) is 12.5 Å². The van der Waals surface area contributed by atoms with E-state index in [1.807, 2.05) is 12.5 Å². The van der Waals surface area contributed by atoms with Crippen molar-refractivity contribution >= 4 is 0 Å². The molecule has 0 aromatic carbocycles. The van der Waals surface area contributed by atoms with Crippen LogP contribution in [-0.4, -0.2) is 53.8 Å². The Kier molecular flexibility index (Phi) is 3.63. The Morgan fingerprint density at radius 1 is 1.50 bits per heavy atom. The minimum absolute atomic E-state index is 0.320. The molecule has 100 valence electrons. The summed E-state index contributed by atoms with van der Waals surface area (Å²) < 4.78 is 8.04. The lowest BCUT2D eigenvalue weighted by molar-refractivity contribution is -0.0182. The highest BCUT2D eigenvalue weighted by molar-refractivity contribution is 5.03. The fraction of sp³-hybridized carbons (Fsp3) is 0.769. The molecule has 1 N–H and O–H groups in total. The predicted octanol–water partition coefficient (Wildman–Crippen LogP) is 0.638. The minimum Gasteiger partial charge on any atom is -0.374 e. The molecule has 1 aliphatic carbocycles. The average Bonchev–Trinajstić information content (AvgIpc) is 3.10. The molecule has 1 aliphatic heterocycles. The normalized spacial score (nSPS) is 25.5. The van der Waals surface area contributed by atoms with Gasteiger partial charge in [0.15, 0.2) is 0 Å². The van der Waals surface area contributed by atoms with Crippen LogP contribution in [0.4, 0.5) is 0 Å². The molecular weight excluding hydrogens is 228 g/mol. The Morgan fingerprint density at radius 2 is 2.39 bits per heavy atom. The molecule has 2 heterocycles. The number of aromatic nitrogens is 2. The third-order valence-electron chi connectivity index (χ3n) is 3.71. The number of imidazole rings is 1. The van der Waals surface area contributed by atoms with E-state index in [0.29, 0.717) is 12.1 Å². The molecule has 3 rings (SSSR count). The van der Waals surface area contributed by atoms with Crippen LogP contribution in [0.1, 0.15) is 24.6 Å². The minimum atomic E-state index is 0.320. The Balaban J connectivity index is 1.45. The van der Waals surface area contributed by atoms with Gasteiger partial charge in [0.1, 0.15) is 0 Å². The van der Waals surface area contributed by atoms with Crippen molar-refractivity contribution in [1.82, 2.24) is 19.8 Å². The summed E-state index contributed by atoms with van der Waals surface area (Å²) in [7, 11) is 2.15. The summed E-state index contributed by atoms with van der Waals surface area (Å²) in [5.74, 6) is 0. The standard InChI is InChI=1S/C13H22N4O/c1-16-4-5-18-13(9-16)8-14-6-12-7-15-10-17(12)11-2-3-11/h7,10-11,13-14H,2-6,8-9H2,1H3. The van der Waals surface area contributed by atoms with Crippen LogP contribution in [0.5, 0.6) is 0 Å². The summed E-state index contributed by atoms with van der Waals surface area (Å²) in [6.07, 6.45) is 6.86. The molecule has 0 bridgehead atoms. The quantitative estimate of drug-likeness (QED) is 0.833. The lowest BCUT2D eigenvalue weighted by Crippen LogP contribution is -2.44. The summed E-state index contributed by atoms with van der Waals surface area (Å²) >= 11 is 0. The third-order valence-corrected chi connectivity index (χ3v) is 3.71. The highest BCUT2D eigenvalue weighted by Crippen LogP contribution is 2.35. The van der Waals surface area contributed by atoms with Crippen LogP contribution in [0.2, 0.25) is 0 Å². The number of nitrogens with zero attached hydrogens (tertiary/aromatic N) is 3. The van der Waals surface area contributed by atoms with Crippen LogP contribution in [0.25, 0.3) is 0 Å². The maximum absolute atomic E-state index is 5.73. The zero-order chi connectivity index (χ0) is 12.4. The summed E-state index contributed by atoms with van der Waals surface area (Å²) in [5, 5.41) is 3.49. The first-order chi connectivity index (χ1) is 8.83. The van der Waals surface area contributed by atoms with Gasteiger partial charge in [-0.25, -0.2) is 4.98 Å². The summed E-state index contributed by atoms with van der Waals surface area (Å²) in [5.41, 5.74) is 1.29. The first-order valence-corrected chi connectivity index (χ1v) is 6.84. The SMILES string of the molecule is CN1CCOC(CNCc2cncn2C2CC2)C1. The van der Waals surface area contributed by atoms with Crippen molar-refractivity contribution < 1.29 is 4.74 Å². The fourth-order valence-electron chi connectivity index (χ4n) is 2.50. The number of hydrogen-bond acceptors (Lipinski definition) is 4. The van der Waals surface area contributed by atoms with Crippen LogP contribution >= 0.6 is 0 Å². The number of hydrogen-bond donors (Lipinski definition) is 1. The molecule has 0 amide bonds.